The smallest absolute Gasteiger partial charge is 0.257 e. The number of nitrogens with one attached hydrogen (secondary N) is 1. The molecule has 23 heavy (non-hydrogen) atoms. The Morgan fingerprint density at radius 1 is 1.04 bits per heavy atom. The molecule has 0 saturated heterocycles. The van der Waals surface area contributed by atoms with Crippen LogP contribution in [0.15, 0.2) is 48.5 Å². The number of anilines is 1. The maximum absolute atomic E-state index is 12.4. The van der Waals surface area contributed by atoms with Crippen LogP contribution in [0.2, 0.25) is 5.02 Å². The molecule has 0 spiro atoms. The van der Waals surface area contributed by atoms with Crippen molar-refractivity contribution in [3.63, 3.8) is 0 Å². The summed E-state index contributed by atoms with van der Waals surface area (Å²) in [6, 6.07) is 13.7. The van der Waals surface area contributed by atoms with Gasteiger partial charge in [0.1, 0.15) is 0 Å². The molecule has 120 valence electrons. The molecule has 0 aliphatic heterocycles. The largest absolute Gasteiger partial charge is 0.339 e. The summed E-state index contributed by atoms with van der Waals surface area (Å²) in [5, 5.41) is 3.16. The van der Waals surface area contributed by atoms with Crippen LogP contribution in [-0.2, 0) is 0 Å². The van der Waals surface area contributed by atoms with E-state index in [0.29, 0.717) is 34.9 Å². The number of carbonyl (C=O) groups excluding carboxylic acids is 2. The number of rotatable bonds is 5. The summed E-state index contributed by atoms with van der Waals surface area (Å²) in [4.78, 5) is 26.4. The Balaban J connectivity index is 2.19. The molecular formula is C18H19ClN2O2. The summed E-state index contributed by atoms with van der Waals surface area (Å²) in [5.41, 5.74) is 1.51. The Morgan fingerprint density at radius 2 is 1.74 bits per heavy atom. The van der Waals surface area contributed by atoms with Crippen LogP contribution < -0.4 is 5.32 Å². The van der Waals surface area contributed by atoms with E-state index in [0.717, 1.165) is 0 Å². The van der Waals surface area contributed by atoms with E-state index in [1.165, 1.54) is 0 Å². The van der Waals surface area contributed by atoms with Crippen LogP contribution in [-0.4, -0.2) is 29.8 Å². The van der Waals surface area contributed by atoms with Crippen LogP contribution >= 0.6 is 11.6 Å². The van der Waals surface area contributed by atoms with Crippen LogP contribution in [0.1, 0.15) is 34.6 Å². The summed E-state index contributed by atoms with van der Waals surface area (Å²) in [6.45, 7) is 5.16. The molecule has 0 aromatic heterocycles. The second-order valence-electron chi connectivity index (χ2n) is 4.99. The fraction of sp³-hybridized carbons (Fsp3) is 0.222. The summed E-state index contributed by atoms with van der Waals surface area (Å²) >= 11 is 6.02. The van der Waals surface area contributed by atoms with Gasteiger partial charge in [-0.05, 0) is 44.2 Å². The minimum absolute atomic E-state index is 0.0520. The van der Waals surface area contributed by atoms with Crippen LogP contribution in [0.25, 0.3) is 0 Å². The molecular weight excluding hydrogens is 312 g/mol. The first-order valence-electron chi connectivity index (χ1n) is 7.52. The molecule has 0 aliphatic carbocycles. The van der Waals surface area contributed by atoms with Gasteiger partial charge in [-0.3, -0.25) is 9.59 Å². The first-order valence-corrected chi connectivity index (χ1v) is 7.89. The van der Waals surface area contributed by atoms with Gasteiger partial charge in [-0.1, -0.05) is 29.8 Å². The van der Waals surface area contributed by atoms with Crippen molar-refractivity contribution < 1.29 is 9.59 Å². The van der Waals surface area contributed by atoms with Crippen molar-refractivity contribution >= 4 is 29.1 Å². The number of hydrogen-bond acceptors (Lipinski definition) is 2. The molecule has 4 nitrogen and oxygen atoms in total. The maximum Gasteiger partial charge on any atom is 0.257 e. The number of hydrogen-bond donors (Lipinski definition) is 1. The highest BCUT2D eigenvalue weighted by atomic mass is 35.5. The molecule has 0 bridgehead atoms. The average Bonchev–Trinajstić information content (AvgIpc) is 2.56. The molecule has 2 aromatic carbocycles. The van der Waals surface area contributed by atoms with Crippen molar-refractivity contribution in [3.8, 4) is 0 Å². The molecule has 0 unspecified atom stereocenters. The Kier molecular flexibility index (Phi) is 5.77. The third-order valence-electron chi connectivity index (χ3n) is 3.54. The Morgan fingerprint density at radius 3 is 2.39 bits per heavy atom. The fourth-order valence-electron chi connectivity index (χ4n) is 2.27. The molecule has 0 atom stereocenters. The van der Waals surface area contributed by atoms with Crippen molar-refractivity contribution in [2.45, 2.75) is 13.8 Å². The quantitative estimate of drug-likeness (QED) is 0.898. The number of benzene rings is 2. The van der Waals surface area contributed by atoms with Crippen molar-refractivity contribution in [1.82, 2.24) is 4.90 Å². The van der Waals surface area contributed by atoms with Gasteiger partial charge in [-0.25, -0.2) is 0 Å². The summed E-state index contributed by atoms with van der Waals surface area (Å²) < 4.78 is 0. The Hall–Kier alpha value is -2.33. The second kappa shape index (κ2) is 7.79. The highest BCUT2D eigenvalue weighted by Crippen LogP contribution is 2.18. The molecule has 0 aliphatic rings. The van der Waals surface area contributed by atoms with Crippen LogP contribution in [0.3, 0.4) is 0 Å². The second-order valence-corrected chi connectivity index (χ2v) is 5.40. The molecule has 0 heterocycles. The first kappa shape index (κ1) is 17.0. The number of nitrogens with zero attached hydrogens (tertiary/aromatic N) is 1. The zero-order valence-corrected chi connectivity index (χ0v) is 13.9. The minimum Gasteiger partial charge on any atom is -0.339 e. The standard InChI is InChI=1S/C18H19ClN2O2/c1-3-21(4-2)18(23)13-8-7-9-14(12-13)20-17(22)15-10-5-6-11-16(15)19/h5-12H,3-4H2,1-2H3,(H,20,22). The lowest BCUT2D eigenvalue weighted by Crippen LogP contribution is -2.30. The zero-order chi connectivity index (χ0) is 16.8. The molecule has 2 aromatic rings. The zero-order valence-electron chi connectivity index (χ0n) is 13.2. The average molecular weight is 331 g/mol. The fourth-order valence-corrected chi connectivity index (χ4v) is 2.49. The lowest BCUT2D eigenvalue weighted by Gasteiger charge is -2.19. The molecule has 2 rings (SSSR count). The minimum atomic E-state index is -0.303. The highest BCUT2D eigenvalue weighted by Gasteiger charge is 2.14. The van der Waals surface area contributed by atoms with Gasteiger partial charge in [-0.2, -0.15) is 0 Å². The van der Waals surface area contributed by atoms with Crippen LogP contribution in [0, 0.1) is 0 Å². The SMILES string of the molecule is CCN(CC)C(=O)c1cccc(NC(=O)c2ccccc2Cl)c1. The predicted molar refractivity (Wildman–Crippen MR) is 93.1 cm³/mol. The number of carbonyl (C=O) groups is 2. The lowest BCUT2D eigenvalue weighted by atomic mass is 10.1. The monoisotopic (exact) mass is 330 g/mol. The van der Waals surface area contributed by atoms with E-state index in [4.69, 9.17) is 11.6 Å². The van der Waals surface area contributed by atoms with Gasteiger partial charge in [0.25, 0.3) is 11.8 Å². The van der Waals surface area contributed by atoms with Gasteiger partial charge in [-0.15, -0.1) is 0 Å². The van der Waals surface area contributed by atoms with Gasteiger partial charge in [0.2, 0.25) is 0 Å². The highest BCUT2D eigenvalue weighted by molar-refractivity contribution is 6.34. The van der Waals surface area contributed by atoms with Gasteiger partial charge < -0.3 is 10.2 Å². The molecule has 0 saturated carbocycles. The van der Waals surface area contributed by atoms with Crippen molar-refractivity contribution in [2.24, 2.45) is 0 Å². The molecule has 5 heteroatoms. The van der Waals surface area contributed by atoms with Gasteiger partial charge in [0, 0.05) is 24.3 Å². The van der Waals surface area contributed by atoms with E-state index in [9.17, 15) is 9.59 Å². The number of halogens is 1. The van der Waals surface area contributed by atoms with Gasteiger partial charge in [0.15, 0.2) is 0 Å². The lowest BCUT2D eigenvalue weighted by molar-refractivity contribution is 0.0772. The van der Waals surface area contributed by atoms with E-state index >= 15 is 0 Å². The van der Waals surface area contributed by atoms with Gasteiger partial charge in [0.05, 0.1) is 10.6 Å². The van der Waals surface area contributed by atoms with Crippen molar-refractivity contribution in [3.05, 3.63) is 64.7 Å². The topological polar surface area (TPSA) is 49.4 Å². The third-order valence-corrected chi connectivity index (χ3v) is 3.87. The molecule has 2 amide bonds. The molecule has 0 fully saturated rings. The van der Waals surface area contributed by atoms with E-state index in [1.54, 1.807) is 53.4 Å². The third kappa shape index (κ3) is 4.11. The maximum atomic E-state index is 12.4. The van der Waals surface area contributed by atoms with E-state index in [1.807, 2.05) is 13.8 Å². The normalized spacial score (nSPS) is 10.2. The van der Waals surface area contributed by atoms with E-state index in [2.05, 4.69) is 5.32 Å². The van der Waals surface area contributed by atoms with E-state index < -0.39 is 0 Å². The van der Waals surface area contributed by atoms with Crippen LogP contribution in [0.5, 0.6) is 0 Å². The van der Waals surface area contributed by atoms with E-state index in [-0.39, 0.29) is 11.8 Å². The summed E-state index contributed by atoms with van der Waals surface area (Å²) in [5.74, 6) is -0.355. The first-order chi connectivity index (χ1) is 11.1. The van der Waals surface area contributed by atoms with Crippen LogP contribution in [0.4, 0.5) is 5.69 Å². The Labute approximate surface area is 141 Å². The Bertz CT molecular complexity index is 712. The molecule has 1 N–H and O–H groups in total. The summed E-state index contributed by atoms with van der Waals surface area (Å²) in [6.07, 6.45) is 0. The summed E-state index contributed by atoms with van der Waals surface area (Å²) in [7, 11) is 0. The van der Waals surface area contributed by atoms with Crippen molar-refractivity contribution in [2.75, 3.05) is 18.4 Å². The van der Waals surface area contributed by atoms with Gasteiger partial charge >= 0.3 is 0 Å². The predicted octanol–water partition coefficient (Wildman–Crippen LogP) is 4.07. The number of amides is 2. The van der Waals surface area contributed by atoms with Crippen molar-refractivity contribution in [1.29, 1.82) is 0 Å². The molecule has 0 radical (unpaired) electrons.